The van der Waals surface area contributed by atoms with Gasteiger partial charge in [-0.2, -0.15) is 0 Å². The van der Waals surface area contributed by atoms with Gasteiger partial charge in [0.15, 0.2) is 0 Å². The quantitative estimate of drug-likeness (QED) is 0.907. The van der Waals surface area contributed by atoms with Crippen LogP contribution >= 0.6 is 0 Å². The van der Waals surface area contributed by atoms with Gasteiger partial charge in [-0.15, -0.1) is 0 Å². The lowest BCUT2D eigenvalue weighted by Crippen LogP contribution is -2.34. The van der Waals surface area contributed by atoms with Crippen LogP contribution < -0.4 is 5.32 Å². The highest BCUT2D eigenvalue weighted by molar-refractivity contribution is 5.86. The van der Waals surface area contributed by atoms with Crippen molar-refractivity contribution in [1.29, 1.82) is 0 Å². The Morgan fingerprint density at radius 2 is 1.79 bits per heavy atom. The molecule has 0 heterocycles. The van der Waals surface area contributed by atoms with E-state index in [1.54, 1.807) is 0 Å². The zero-order valence-corrected chi connectivity index (χ0v) is 13.4. The van der Waals surface area contributed by atoms with Gasteiger partial charge < -0.3 is 10.4 Å². The van der Waals surface area contributed by atoms with E-state index in [1.807, 2.05) is 12.1 Å². The molecule has 2 unspecified atom stereocenters. The van der Waals surface area contributed by atoms with Crippen LogP contribution in [0.1, 0.15) is 37.2 Å². The van der Waals surface area contributed by atoms with Crippen LogP contribution in [0.3, 0.4) is 0 Å². The molecular weight excluding hydrogens is 302 g/mol. The highest BCUT2D eigenvalue weighted by Crippen LogP contribution is 2.48. The molecular formula is C20H21NO3. The fourth-order valence-electron chi connectivity index (χ4n) is 3.94. The van der Waals surface area contributed by atoms with Gasteiger partial charge in [0.1, 0.15) is 0 Å². The molecule has 124 valence electrons. The van der Waals surface area contributed by atoms with Crippen molar-refractivity contribution in [2.24, 2.45) is 11.8 Å². The van der Waals surface area contributed by atoms with Crippen LogP contribution in [0.5, 0.6) is 0 Å². The molecule has 2 fully saturated rings. The zero-order valence-electron chi connectivity index (χ0n) is 13.4. The number of rotatable bonds is 4. The van der Waals surface area contributed by atoms with E-state index in [9.17, 15) is 9.59 Å². The SMILES string of the molecule is O=C(N[C@H]1CC[C@@H](C(=O)O)C1)C1CC1c1ccc2ccccc2c1. The molecule has 2 saturated carbocycles. The summed E-state index contributed by atoms with van der Waals surface area (Å²) in [5.74, 6) is -0.622. The molecule has 2 aliphatic rings. The van der Waals surface area contributed by atoms with Gasteiger partial charge in [0.25, 0.3) is 0 Å². The molecule has 4 rings (SSSR count). The summed E-state index contributed by atoms with van der Waals surface area (Å²) >= 11 is 0. The van der Waals surface area contributed by atoms with E-state index < -0.39 is 5.97 Å². The molecule has 2 aromatic rings. The monoisotopic (exact) mass is 323 g/mol. The summed E-state index contributed by atoms with van der Waals surface area (Å²) in [7, 11) is 0. The van der Waals surface area contributed by atoms with E-state index in [2.05, 4.69) is 35.6 Å². The molecule has 0 saturated heterocycles. The second-order valence-corrected chi connectivity index (χ2v) is 7.11. The third-order valence-electron chi connectivity index (χ3n) is 5.46. The first kappa shape index (κ1) is 15.2. The highest BCUT2D eigenvalue weighted by atomic mass is 16.4. The summed E-state index contributed by atoms with van der Waals surface area (Å²) in [6.45, 7) is 0. The molecule has 0 aromatic heterocycles. The van der Waals surface area contributed by atoms with Crippen molar-refractivity contribution in [3.63, 3.8) is 0 Å². The zero-order chi connectivity index (χ0) is 16.7. The number of benzene rings is 2. The summed E-state index contributed by atoms with van der Waals surface area (Å²) < 4.78 is 0. The van der Waals surface area contributed by atoms with Gasteiger partial charge in [0.05, 0.1) is 5.92 Å². The molecule has 4 atom stereocenters. The number of carboxylic acid groups (broad SMARTS) is 1. The molecule has 2 N–H and O–H groups in total. The number of nitrogens with one attached hydrogen (secondary N) is 1. The van der Waals surface area contributed by atoms with E-state index in [4.69, 9.17) is 5.11 Å². The molecule has 24 heavy (non-hydrogen) atoms. The van der Waals surface area contributed by atoms with Crippen LogP contribution in [0.4, 0.5) is 0 Å². The average Bonchev–Trinajstić information content (AvgIpc) is 3.26. The third kappa shape index (κ3) is 2.88. The first-order valence-electron chi connectivity index (χ1n) is 8.63. The summed E-state index contributed by atoms with van der Waals surface area (Å²) in [5.41, 5.74) is 1.23. The topological polar surface area (TPSA) is 66.4 Å². The molecule has 1 amide bonds. The van der Waals surface area contributed by atoms with Gasteiger partial charge in [0.2, 0.25) is 5.91 Å². The van der Waals surface area contributed by atoms with Crippen molar-refractivity contribution in [2.45, 2.75) is 37.6 Å². The Kier molecular flexibility index (Phi) is 3.75. The second kappa shape index (κ2) is 5.93. The number of amides is 1. The first-order chi connectivity index (χ1) is 11.6. The smallest absolute Gasteiger partial charge is 0.306 e. The number of carbonyl (C=O) groups excluding carboxylic acids is 1. The van der Waals surface area contributed by atoms with E-state index in [0.29, 0.717) is 18.8 Å². The number of carboxylic acids is 1. The number of aliphatic carboxylic acids is 1. The van der Waals surface area contributed by atoms with Crippen LogP contribution in [0.15, 0.2) is 42.5 Å². The molecule has 4 heteroatoms. The van der Waals surface area contributed by atoms with Gasteiger partial charge in [-0.1, -0.05) is 42.5 Å². The summed E-state index contributed by atoms with van der Waals surface area (Å²) in [4.78, 5) is 23.4. The maximum Gasteiger partial charge on any atom is 0.306 e. The van der Waals surface area contributed by atoms with Gasteiger partial charge in [-0.3, -0.25) is 9.59 Å². The minimum absolute atomic E-state index is 0.0245. The fraction of sp³-hybridized carbons (Fsp3) is 0.400. The maximum absolute atomic E-state index is 12.4. The fourth-order valence-corrected chi connectivity index (χ4v) is 3.94. The Hall–Kier alpha value is -2.36. The summed E-state index contributed by atoms with van der Waals surface area (Å²) in [5, 5.41) is 14.5. The number of carbonyl (C=O) groups is 2. The van der Waals surface area contributed by atoms with Crippen LogP contribution in [-0.2, 0) is 9.59 Å². The van der Waals surface area contributed by atoms with Gasteiger partial charge in [0, 0.05) is 12.0 Å². The lowest BCUT2D eigenvalue weighted by molar-refractivity contribution is -0.141. The van der Waals surface area contributed by atoms with Gasteiger partial charge in [-0.25, -0.2) is 0 Å². The normalized spacial score (nSPS) is 28.7. The van der Waals surface area contributed by atoms with E-state index in [-0.39, 0.29) is 23.8 Å². The third-order valence-corrected chi connectivity index (χ3v) is 5.46. The molecule has 0 radical (unpaired) electrons. The predicted octanol–water partition coefficient (Wildman–Crippen LogP) is 3.31. The molecule has 0 bridgehead atoms. The number of hydrogen-bond donors (Lipinski definition) is 2. The van der Waals surface area contributed by atoms with Crippen molar-refractivity contribution in [3.8, 4) is 0 Å². The first-order valence-corrected chi connectivity index (χ1v) is 8.63. The molecule has 0 aliphatic heterocycles. The number of fused-ring (bicyclic) bond motifs is 1. The number of hydrogen-bond acceptors (Lipinski definition) is 2. The van der Waals surface area contributed by atoms with Gasteiger partial charge >= 0.3 is 5.97 Å². The summed E-state index contributed by atoms with van der Waals surface area (Å²) in [6.07, 6.45) is 2.89. The van der Waals surface area contributed by atoms with Gasteiger partial charge in [-0.05, 0) is 47.9 Å². The van der Waals surface area contributed by atoms with Crippen LogP contribution in [-0.4, -0.2) is 23.0 Å². The van der Waals surface area contributed by atoms with Crippen molar-refractivity contribution >= 4 is 22.6 Å². The molecule has 2 aromatic carbocycles. The Bertz CT molecular complexity index is 800. The van der Waals surface area contributed by atoms with Crippen LogP contribution in [0.25, 0.3) is 10.8 Å². The Morgan fingerprint density at radius 3 is 2.54 bits per heavy atom. The predicted molar refractivity (Wildman–Crippen MR) is 91.7 cm³/mol. The van der Waals surface area contributed by atoms with Crippen LogP contribution in [0, 0.1) is 11.8 Å². The van der Waals surface area contributed by atoms with Crippen molar-refractivity contribution in [2.75, 3.05) is 0 Å². The van der Waals surface area contributed by atoms with Crippen molar-refractivity contribution in [3.05, 3.63) is 48.0 Å². The Labute approximate surface area is 140 Å². The van der Waals surface area contributed by atoms with E-state index >= 15 is 0 Å². The Morgan fingerprint density at radius 1 is 1.00 bits per heavy atom. The molecule has 2 aliphatic carbocycles. The minimum atomic E-state index is -0.743. The lowest BCUT2D eigenvalue weighted by Gasteiger charge is -2.12. The lowest BCUT2D eigenvalue weighted by atomic mass is 10.0. The molecule has 4 nitrogen and oxygen atoms in total. The van der Waals surface area contributed by atoms with Crippen molar-refractivity contribution < 1.29 is 14.7 Å². The van der Waals surface area contributed by atoms with E-state index in [1.165, 1.54) is 16.3 Å². The maximum atomic E-state index is 12.4. The average molecular weight is 323 g/mol. The van der Waals surface area contributed by atoms with E-state index in [0.717, 1.165) is 12.8 Å². The van der Waals surface area contributed by atoms with Crippen molar-refractivity contribution in [1.82, 2.24) is 5.32 Å². The standard InChI is InChI=1S/C20H21NO3/c22-19(21-16-8-7-15(10-16)20(23)24)18-11-17(18)14-6-5-12-3-1-2-4-13(12)9-14/h1-6,9,15-18H,7-8,10-11H2,(H,21,22)(H,23,24)/t15-,16+,17?,18?/m1/s1. The largest absolute Gasteiger partial charge is 0.481 e. The Balaban J connectivity index is 1.38. The summed E-state index contributed by atoms with van der Waals surface area (Å²) in [6, 6.07) is 14.7. The highest BCUT2D eigenvalue weighted by Gasteiger charge is 2.45. The minimum Gasteiger partial charge on any atom is -0.481 e. The second-order valence-electron chi connectivity index (χ2n) is 7.11. The van der Waals surface area contributed by atoms with Crippen LogP contribution in [0.2, 0.25) is 0 Å². The molecule has 0 spiro atoms.